The van der Waals surface area contributed by atoms with E-state index < -0.39 is 0 Å². The number of aliphatic hydroxyl groups excluding tert-OH is 4. The second kappa shape index (κ2) is 50.7. The smallest absolute Gasteiger partial charge is 0.155 e. The molecule has 12 nitrogen and oxygen atoms in total. The van der Waals surface area contributed by atoms with E-state index in [0.29, 0.717) is 5.92 Å². The van der Waals surface area contributed by atoms with Gasteiger partial charge in [0.1, 0.15) is 0 Å². The van der Waals surface area contributed by atoms with Crippen LogP contribution >= 0.6 is 0 Å². The average Bonchev–Trinajstić information content (AvgIpc) is 0.821. The van der Waals surface area contributed by atoms with Gasteiger partial charge in [-0.2, -0.15) is 0 Å². The number of carbonyl (C=O) groups is 4. The predicted octanol–water partition coefficient (Wildman–Crippen LogP) is 23.6. The molecule has 8 aromatic carbocycles. The summed E-state index contributed by atoms with van der Waals surface area (Å²) in [5.74, 6) is 0.411. The molecule has 0 aliphatic heterocycles. The van der Waals surface area contributed by atoms with Crippen molar-refractivity contribution in [3.63, 3.8) is 0 Å². The summed E-state index contributed by atoms with van der Waals surface area (Å²) in [6.45, 7) is 34.9. The molecule has 12 aromatic rings. The summed E-state index contributed by atoms with van der Waals surface area (Å²) >= 11 is 0. The largest absolute Gasteiger partial charge is 0.512 e. The molecule has 0 unspecified atom stereocenters. The molecule has 0 fully saturated rings. The fourth-order valence-electron chi connectivity index (χ4n) is 11.2. The SMILES string of the molecule is CC(=O)C=C(C)O.CC(=O)C=C(C)O.CC(=O)C=C(C)O.CC(=O)C=C(C)O.CCCc1ccc2ccc(-c3[c-]c(C)cc(C)c3)nc2c1.Cc1[c-]c(-c2ccc3ccc(CC(C)C)cc3n2)cc(C)c1.Cc1c[c-]c(-c2ccc3ccccc3n2)c(C)c1.Cc1c[c-]c(-c2ccc3ccccc3n2)cc1C.[Ir].[Ir].[Ir].[Ir]. The fraction of sp³-hybridized carbons (Fsp3) is 0.242. The Morgan fingerprint density at radius 1 is 0.369 bits per heavy atom. The maximum atomic E-state index is 10.0. The Bertz CT molecular complexity index is 5030. The summed E-state index contributed by atoms with van der Waals surface area (Å²) in [6, 6.07) is 76.8. The van der Waals surface area contributed by atoms with E-state index in [1.54, 1.807) is 0 Å². The molecule has 4 radical (unpaired) electrons. The molecule has 4 aromatic heterocycles. The van der Waals surface area contributed by atoms with E-state index in [0.717, 1.165) is 97.5 Å². The van der Waals surface area contributed by atoms with Crippen molar-refractivity contribution in [2.75, 3.05) is 0 Å². The summed E-state index contributed by atoms with van der Waals surface area (Å²) in [5.41, 5.74) is 25.0. The third kappa shape index (κ3) is 36.7. The minimum absolute atomic E-state index is 0. The summed E-state index contributed by atoms with van der Waals surface area (Å²) < 4.78 is 0. The van der Waals surface area contributed by atoms with Gasteiger partial charge in [0.2, 0.25) is 0 Å². The number of fused-ring (bicyclic) bond motifs is 4. The van der Waals surface area contributed by atoms with Gasteiger partial charge in [0, 0.05) is 105 Å². The standard InChI is InChI=1S/C21H22N.C20H20N.2C17H14N.4C5H8O2.4Ir/c1-14(2)9-17-5-6-18-7-8-20(22-21(18)13-17)19-11-15(3)10-16(4)12-19;1-4-5-16-6-7-17-8-9-19(21-20(17)13-16)18-11-14(2)10-15(3)12-18;1-12-7-9-15(13(2)11-12)17-10-8-14-5-3-4-6-16(14)18-17;1-12-7-8-15(11-13(12)2)17-10-9-14-5-3-4-6-16(14)18-17;4*1-4(6)3-5(2)7;;;;/h5-8,10-11,13-14H,9H2,1-4H3;6-11,13H,4-5H2,1-3H3;3-8,10-11H,1-2H3;3-7,9-11H,1-2H3;4*3,6H,1-2H3;;;;/q4*-1;;;;;;;;. The van der Waals surface area contributed by atoms with Crippen LogP contribution in [0.4, 0.5) is 0 Å². The van der Waals surface area contributed by atoms with Crippen LogP contribution in [0.25, 0.3) is 88.6 Å². The number of aryl methyl sites for hydroxylation is 9. The number of para-hydroxylation sites is 2. The van der Waals surface area contributed by atoms with Crippen molar-refractivity contribution in [2.45, 2.75) is 151 Å². The van der Waals surface area contributed by atoms with Crippen LogP contribution in [0, 0.1) is 85.6 Å². The monoisotopic (exact) mass is 2200 g/mol. The Morgan fingerprint density at radius 3 is 1.10 bits per heavy atom. The van der Waals surface area contributed by atoms with Crippen LogP contribution in [0.3, 0.4) is 0 Å². The normalized spacial score (nSPS) is 10.7. The molecule has 0 atom stereocenters. The molecular formula is C95H102Ir4N4O8-4. The zero-order chi connectivity index (χ0) is 79.0. The molecule has 0 aliphatic carbocycles. The van der Waals surface area contributed by atoms with Crippen molar-refractivity contribution in [1.82, 2.24) is 19.9 Å². The molecule has 4 heterocycles. The Balaban J connectivity index is 0.000000658. The third-order valence-electron chi connectivity index (χ3n) is 15.6. The number of carbonyl (C=O) groups excluding carboxylic acids is 4. The predicted molar refractivity (Wildman–Crippen MR) is 443 cm³/mol. The van der Waals surface area contributed by atoms with Gasteiger partial charge < -0.3 is 20.4 Å². The molecule has 0 saturated carbocycles. The van der Waals surface area contributed by atoms with Crippen molar-refractivity contribution in [2.24, 2.45) is 5.92 Å². The van der Waals surface area contributed by atoms with E-state index in [-0.39, 0.29) is 127 Å². The minimum Gasteiger partial charge on any atom is -0.512 e. The van der Waals surface area contributed by atoms with Gasteiger partial charge in [-0.1, -0.05) is 192 Å². The Morgan fingerprint density at radius 2 is 0.730 bits per heavy atom. The van der Waals surface area contributed by atoms with Gasteiger partial charge >= 0.3 is 0 Å². The van der Waals surface area contributed by atoms with Crippen molar-refractivity contribution >= 4 is 66.7 Å². The number of hydrogen-bond donors (Lipinski definition) is 4. The Kier molecular flexibility index (Phi) is 45.6. The molecule has 0 bridgehead atoms. The maximum Gasteiger partial charge on any atom is 0.155 e. The molecule has 16 heteroatoms. The number of rotatable bonds is 12. The number of ketones is 4. The average molecular weight is 2200 g/mol. The molecule has 111 heavy (non-hydrogen) atoms. The second-order valence-electron chi connectivity index (χ2n) is 27.1. The van der Waals surface area contributed by atoms with Gasteiger partial charge in [-0.25, -0.2) is 0 Å². The molecule has 0 amide bonds. The minimum atomic E-state index is -0.125. The fourth-order valence-corrected chi connectivity index (χ4v) is 11.2. The first kappa shape index (κ1) is 99.8. The molecule has 590 valence electrons. The van der Waals surface area contributed by atoms with Crippen LogP contribution in [0.2, 0.25) is 0 Å². The molecule has 4 N–H and O–H groups in total. The molecule has 0 aliphatic rings. The zero-order valence-electron chi connectivity index (χ0n) is 66.9. The van der Waals surface area contributed by atoms with E-state index in [9.17, 15) is 19.2 Å². The first-order valence-electron chi connectivity index (χ1n) is 35.7. The zero-order valence-corrected chi connectivity index (χ0v) is 76.5. The number of nitrogens with zero attached hydrogens (tertiary/aromatic N) is 4. The quantitative estimate of drug-likeness (QED) is 0.0513. The van der Waals surface area contributed by atoms with Crippen molar-refractivity contribution in [1.29, 1.82) is 0 Å². The van der Waals surface area contributed by atoms with Crippen LogP contribution in [0.1, 0.15) is 138 Å². The number of hydrogen-bond acceptors (Lipinski definition) is 12. The maximum absolute atomic E-state index is 10.0. The van der Waals surface area contributed by atoms with Crippen molar-refractivity contribution in [3.05, 3.63) is 309 Å². The van der Waals surface area contributed by atoms with Crippen LogP contribution in [-0.2, 0) is 112 Å². The molecule has 0 saturated heterocycles. The van der Waals surface area contributed by atoms with Gasteiger partial charge in [-0.3, -0.25) is 39.1 Å². The number of allylic oxidation sites excluding steroid dienone is 8. The topological polar surface area (TPSA) is 201 Å². The Hall–Kier alpha value is -9.16. The molecular weight excluding hydrogens is 2090 g/mol. The summed E-state index contributed by atoms with van der Waals surface area (Å²) in [7, 11) is 0. The number of aliphatic hydroxyl groups is 4. The van der Waals surface area contributed by atoms with Crippen molar-refractivity contribution < 1.29 is 120 Å². The van der Waals surface area contributed by atoms with Gasteiger partial charge in [0.15, 0.2) is 23.1 Å². The van der Waals surface area contributed by atoms with Crippen molar-refractivity contribution in [3.8, 4) is 45.0 Å². The number of benzene rings is 8. The van der Waals surface area contributed by atoms with Crippen LogP contribution < -0.4 is 0 Å². The van der Waals surface area contributed by atoms with E-state index in [2.05, 4.69) is 239 Å². The van der Waals surface area contributed by atoms with Gasteiger partial charge in [-0.05, 0) is 154 Å². The Labute approximate surface area is 711 Å². The van der Waals surface area contributed by atoms with Crippen LogP contribution in [-0.4, -0.2) is 63.5 Å². The molecule has 0 spiro atoms. The summed E-state index contributed by atoms with van der Waals surface area (Å²) in [5, 5.41) is 38.2. The van der Waals surface area contributed by atoms with E-state index in [4.69, 9.17) is 35.4 Å². The van der Waals surface area contributed by atoms with Gasteiger partial charge in [0.25, 0.3) is 0 Å². The first-order chi connectivity index (χ1) is 50.6. The second-order valence-corrected chi connectivity index (χ2v) is 27.1. The van der Waals surface area contributed by atoms with E-state index in [1.807, 2.05) is 48.5 Å². The number of aromatic nitrogens is 4. The van der Waals surface area contributed by atoms with E-state index >= 15 is 0 Å². The summed E-state index contributed by atoms with van der Waals surface area (Å²) in [6.07, 6.45) is 8.03. The third-order valence-corrected chi connectivity index (χ3v) is 15.6. The van der Waals surface area contributed by atoms with Gasteiger partial charge in [-0.15, -0.1) is 140 Å². The molecule has 12 rings (SSSR count). The first-order valence-corrected chi connectivity index (χ1v) is 35.7. The number of pyridine rings is 4. The summed E-state index contributed by atoms with van der Waals surface area (Å²) in [4.78, 5) is 59.2. The van der Waals surface area contributed by atoms with Crippen LogP contribution in [0.15, 0.2) is 229 Å². The van der Waals surface area contributed by atoms with Crippen LogP contribution in [0.5, 0.6) is 0 Å². The van der Waals surface area contributed by atoms with Gasteiger partial charge in [0.05, 0.1) is 45.1 Å². The van der Waals surface area contributed by atoms with E-state index in [1.165, 1.54) is 146 Å².